The molecule has 0 aliphatic carbocycles. The highest BCUT2D eigenvalue weighted by atomic mass is 79.9. The minimum Gasteiger partial charge on any atom is -0.323 e. The lowest BCUT2D eigenvalue weighted by atomic mass is 10.1. The molecule has 3 heterocycles. The van der Waals surface area contributed by atoms with Gasteiger partial charge in [0.15, 0.2) is 0 Å². The molecular formula is C14H16BrN3S2. The van der Waals surface area contributed by atoms with Crippen molar-refractivity contribution in [3.05, 3.63) is 38.3 Å². The second kappa shape index (κ2) is 5.60. The molecule has 0 spiro atoms. The summed E-state index contributed by atoms with van der Waals surface area (Å²) in [7, 11) is 0. The smallest absolute Gasteiger partial charge is 0.0738 e. The zero-order valence-electron chi connectivity index (χ0n) is 11.4. The molecule has 3 rings (SSSR count). The number of thiophene rings is 2. The summed E-state index contributed by atoms with van der Waals surface area (Å²) in [6.07, 6.45) is 0.809. The summed E-state index contributed by atoms with van der Waals surface area (Å²) in [5, 5.41) is 6.66. The number of hydrogen-bond donors (Lipinski definition) is 1. The Morgan fingerprint density at radius 3 is 2.95 bits per heavy atom. The van der Waals surface area contributed by atoms with Gasteiger partial charge in [0.2, 0.25) is 0 Å². The predicted molar refractivity (Wildman–Crippen MR) is 90.7 cm³/mol. The van der Waals surface area contributed by atoms with Crippen molar-refractivity contribution in [2.45, 2.75) is 32.9 Å². The highest BCUT2D eigenvalue weighted by molar-refractivity contribution is 9.10. The topological polar surface area (TPSA) is 43.8 Å². The Kier molecular flexibility index (Phi) is 3.99. The van der Waals surface area contributed by atoms with E-state index in [9.17, 15) is 0 Å². The number of aryl methyl sites for hydroxylation is 2. The maximum atomic E-state index is 6.40. The van der Waals surface area contributed by atoms with Crippen LogP contribution in [0.2, 0.25) is 0 Å². The molecule has 0 saturated heterocycles. The van der Waals surface area contributed by atoms with Crippen molar-refractivity contribution >= 4 is 48.0 Å². The van der Waals surface area contributed by atoms with Crippen molar-refractivity contribution in [2.24, 2.45) is 5.73 Å². The molecule has 0 saturated carbocycles. The van der Waals surface area contributed by atoms with E-state index in [1.54, 1.807) is 22.7 Å². The molecule has 3 aromatic rings. The van der Waals surface area contributed by atoms with Crippen LogP contribution in [0, 0.1) is 6.92 Å². The molecular weight excluding hydrogens is 354 g/mol. The Balaban J connectivity index is 1.88. The number of nitrogens with zero attached hydrogens (tertiary/aromatic N) is 2. The predicted octanol–water partition coefficient (Wildman–Crippen LogP) is 4.49. The van der Waals surface area contributed by atoms with E-state index >= 15 is 0 Å². The van der Waals surface area contributed by atoms with E-state index in [-0.39, 0.29) is 6.04 Å². The Morgan fingerprint density at radius 1 is 1.45 bits per heavy atom. The van der Waals surface area contributed by atoms with Crippen LogP contribution in [-0.4, -0.2) is 9.78 Å². The third kappa shape index (κ3) is 2.45. The fourth-order valence-corrected chi connectivity index (χ4v) is 4.91. The van der Waals surface area contributed by atoms with Crippen LogP contribution < -0.4 is 5.73 Å². The lowest BCUT2D eigenvalue weighted by Crippen LogP contribution is -2.15. The monoisotopic (exact) mass is 369 g/mol. The SMILES string of the molecule is CCn1nc(C)c(Br)c1CC(N)c1cc2sccc2s1. The average molecular weight is 370 g/mol. The first-order valence-corrected chi connectivity index (χ1v) is 9.03. The number of rotatable bonds is 4. The molecule has 106 valence electrons. The molecule has 1 atom stereocenters. The third-order valence-electron chi connectivity index (χ3n) is 3.39. The number of nitrogens with two attached hydrogens (primary N) is 1. The summed E-state index contributed by atoms with van der Waals surface area (Å²) >= 11 is 7.21. The molecule has 20 heavy (non-hydrogen) atoms. The van der Waals surface area contributed by atoms with Crippen LogP contribution in [0.15, 0.2) is 22.0 Å². The number of fused-ring (bicyclic) bond motifs is 1. The van der Waals surface area contributed by atoms with Crippen LogP contribution >= 0.6 is 38.6 Å². The molecule has 2 N–H and O–H groups in total. The maximum Gasteiger partial charge on any atom is 0.0738 e. The van der Waals surface area contributed by atoms with Crippen molar-refractivity contribution in [3.8, 4) is 0 Å². The first kappa shape index (κ1) is 14.3. The van der Waals surface area contributed by atoms with E-state index in [0.717, 1.165) is 23.1 Å². The first-order chi connectivity index (χ1) is 9.60. The first-order valence-electron chi connectivity index (χ1n) is 6.54. The van der Waals surface area contributed by atoms with Crippen LogP contribution in [-0.2, 0) is 13.0 Å². The molecule has 3 aromatic heterocycles. The van der Waals surface area contributed by atoms with Gasteiger partial charge in [0.1, 0.15) is 0 Å². The molecule has 0 aliphatic rings. The summed E-state index contributed by atoms with van der Waals surface area (Å²) in [5.74, 6) is 0. The van der Waals surface area contributed by atoms with Gasteiger partial charge < -0.3 is 5.73 Å². The molecule has 6 heteroatoms. The highest BCUT2D eigenvalue weighted by Gasteiger charge is 2.18. The third-order valence-corrected chi connectivity index (χ3v) is 6.65. The molecule has 0 bridgehead atoms. The molecule has 0 radical (unpaired) electrons. The van der Waals surface area contributed by atoms with Crippen LogP contribution in [0.4, 0.5) is 0 Å². The Hall–Kier alpha value is -0.690. The van der Waals surface area contributed by atoms with Gasteiger partial charge in [-0.25, -0.2) is 0 Å². The second-order valence-electron chi connectivity index (χ2n) is 4.77. The van der Waals surface area contributed by atoms with E-state index in [4.69, 9.17) is 5.73 Å². The molecule has 0 aliphatic heterocycles. The Bertz CT molecular complexity index is 712. The van der Waals surface area contributed by atoms with E-state index in [1.807, 2.05) is 11.6 Å². The molecule has 1 unspecified atom stereocenters. The fourth-order valence-electron chi connectivity index (χ4n) is 2.34. The van der Waals surface area contributed by atoms with Gasteiger partial charge >= 0.3 is 0 Å². The van der Waals surface area contributed by atoms with E-state index in [1.165, 1.54) is 20.0 Å². The number of hydrogen-bond acceptors (Lipinski definition) is 4. The van der Waals surface area contributed by atoms with Gasteiger partial charge in [0.05, 0.1) is 15.9 Å². The van der Waals surface area contributed by atoms with E-state index < -0.39 is 0 Å². The van der Waals surface area contributed by atoms with Crippen molar-refractivity contribution in [1.82, 2.24) is 9.78 Å². The van der Waals surface area contributed by atoms with Crippen molar-refractivity contribution in [3.63, 3.8) is 0 Å². The number of halogens is 1. The summed E-state index contributed by atoms with van der Waals surface area (Å²) in [4.78, 5) is 1.25. The standard InChI is InChI=1S/C14H16BrN3S2/c1-3-18-10(14(15)8(2)17-18)6-9(16)12-7-13-11(20-12)4-5-19-13/h4-5,7,9H,3,6,16H2,1-2H3. The second-order valence-corrected chi connectivity index (χ2v) is 7.63. The summed E-state index contributed by atoms with van der Waals surface area (Å²) in [5.41, 5.74) is 8.62. The van der Waals surface area contributed by atoms with Crippen LogP contribution in [0.1, 0.15) is 29.2 Å². The van der Waals surface area contributed by atoms with Crippen LogP contribution in [0.5, 0.6) is 0 Å². The molecule has 0 amide bonds. The minimum absolute atomic E-state index is 0.0253. The largest absolute Gasteiger partial charge is 0.323 e. The van der Waals surface area contributed by atoms with Gasteiger partial charge in [0.25, 0.3) is 0 Å². The quantitative estimate of drug-likeness (QED) is 0.735. The van der Waals surface area contributed by atoms with Crippen LogP contribution in [0.25, 0.3) is 9.40 Å². The zero-order chi connectivity index (χ0) is 14.3. The lowest BCUT2D eigenvalue weighted by molar-refractivity contribution is 0.589. The summed E-state index contributed by atoms with van der Waals surface area (Å²) in [6, 6.07) is 4.41. The van der Waals surface area contributed by atoms with Crippen molar-refractivity contribution < 1.29 is 0 Å². The minimum atomic E-state index is 0.0253. The van der Waals surface area contributed by atoms with Gasteiger partial charge in [-0.2, -0.15) is 5.10 Å². The normalized spacial score (nSPS) is 13.2. The van der Waals surface area contributed by atoms with Crippen molar-refractivity contribution in [1.29, 1.82) is 0 Å². The number of aromatic nitrogens is 2. The zero-order valence-corrected chi connectivity index (χ0v) is 14.6. The van der Waals surface area contributed by atoms with Gasteiger partial charge in [-0.05, 0) is 47.3 Å². The Morgan fingerprint density at radius 2 is 2.25 bits per heavy atom. The van der Waals surface area contributed by atoms with Gasteiger partial charge in [-0.15, -0.1) is 22.7 Å². The molecule has 0 fully saturated rings. The van der Waals surface area contributed by atoms with Gasteiger partial charge in [-0.1, -0.05) is 0 Å². The lowest BCUT2D eigenvalue weighted by Gasteiger charge is -2.11. The average Bonchev–Trinajstić information content (AvgIpc) is 3.07. The van der Waals surface area contributed by atoms with Crippen molar-refractivity contribution in [2.75, 3.05) is 0 Å². The molecule has 0 aromatic carbocycles. The van der Waals surface area contributed by atoms with E-state index in [2.05, 4.69) is 45.5 Å². The highest BCUT2D eigenvalue weighted by Crippen LogP contribution is 2.34. The fraction of sp³-hybridized carbons (Fsp3) is 0.357. The van der Waals surface area contributed by atoms with Gasteiger partial charge in [0, 0.05) is 33.3 Å². The summed E-state index contributed by atoms with van der Waals surface area (Å²) in [6.45, 7) is 5.00. The summed E-state index contributed by atoms with van der Waals surface area (Å²) < 4.78 is 5.79. The maximum absolute atomic E-state index is 6.40. The van der Waals surface area contributed by atoms with Crippen LogP contribution in [0.3, 0.4) is 0 Å². The van der Waals surface area contributed by atoms with E-state index in [0.29, 0.717) is 0 Å². The van der Waals surface area contributed by atoms with Gasteiger partial charge in [-0.3, -0.25) is 4.68 Å². The Labute approximate surface area is 134 Å². The molecule has 3 nitrogen and oxygen atoms in total.